The zero-order chi connectivity index (χ0) is 23.6. The fraction of sp³-hybridized carbons (Fsp3) is 0.692. The minimum absolute atomic E-state index is 0.228. The van der Waals surface area contributed by atoms with E-state index in [4.69, 9.17) is 9.47 Å². The standard InChI is InChI=1S/C26H44N2O4/c1-5-9-11-15-19-27(7-3)21-31-25(29)23-17-13-14-18-24(23)26(30)32-22-28(8-4)20-16-12-10-6-2/h13-14,17-18H,5-12,15-16,19-22H2,1-4H3. The molecule has 0 aliphatic carbocycles. The van der Waals surface area contributed by atoms with Gasteiger partial charge in [-0.15, -0.1) is 0 Å². The second-order valence-corrected chi connectivity index (χ2v) is 8.21. The van der Waals surface area contributed by atoms with Crippen molar-refractivity contribution in [2.75, 3.05) is 39.6 Å². The maximum Gasteiger partial charge on any atom is 0.340 e. The van der Waals surface area contributed by atoms with Crippen LogP contribution in [0.15, 0.2) is 24.3 Å². The predicted octanol–water partition coefficient (Wildman–Crippen LogP) is 5.72. The quantitative estimate of drug-likeness (QED) is 0.163. The molecule has 6 heteroatoms. The Balaban J connectivity index is 2.59. The largest absolute Gasteiger partial charge is 0.446 e. The number of hydrogen-bond acceptors (Lipinski definition) is 6. The van der Waals surface area contributed by atoms with E-state index in [-0.39, 0.29) is 24.6 Å². The maximum atomic E-state index is 12.7. The van der Waals surface area contributed by atoms with Crippen LogP contribution in [0.1, 0.15) is 99.8 Å². The average Bonchev–Trinajstić information content (AvgIpc) is 2.82. The number of esters is 2. The summed E-state index contributed by atoms with van der Waals surface area (Å²) in [6.07, 6.45) is 9.39. The van der Waals surface area contributed by atoms with Crippen LogP contribution in [0.4, 0.5) is 0 Å². The topological polar surface area (TPSA) is 59.1 Å². The van der Waals surface area contributed by atoms with E-state index in [0.29, 0.717) is 0 Å². The number of carbonyl (C=O) groups excluding carboxylic acids is 2. The summed E-state index contributed by atoms with van der Waals surface area (Å²) in [5.41, 5.74) is 0.510. The highest BCUT2D eigenvalue weighted by Gasteiger charge is 2.20. The summed E-state index contributed by atoms with van der Waals surface area (Å²) >= 11 is 0. The summed E-state index contributed by atoms with van der Waals surface area (Å²) in [5, 5.41) is 0. The summed E-state index contributed by atoms with van der Waals surface area (Å²) in [6.45, 7) is 12.4. The SMILES string of the molecule is CCCCCCN(CC)COC(=O)c1ccccc1C(=O)OCN(CC)CCCCCC. The van der Waals surface area contributed by atoms with Gasteiger partial charge in [-0.25, -0.2) is 9.59 Å². The van der Waals surface area contributed by atoms with Crippen molar-refractivity contribution in [3.63, 3.8) is 0 Å². The lowest BCUT2D eigenvalue weighted by molar-refractivity contribution is 0.0181. The number of rotatable bonds is 18. The summed E-state index contributed by atoms with van der Waals surface area (Å²) in [4.78, 5) is 29.6. The molecule has 0 spiro atoms. The summed E-state index contributed by atoms with van der Waals surface area (Å²) in [5.74, 6) is -0.979. The molecule has 0 bridgehead atoms. The molecule has 1 aromatic carbocycles. The molecule has 182 valence electrons. The van der Waals surface area contributed by atoms with E-state index >= 15 is 0 Å². The number of ether oxygens (including phenoxy) is 2. The lowest BCUT2D eigenvalue weighted by Gasteiger charge is -2.21. The molecule has 1 aromatic rings. The van der Waals surface area contributed by atoms with Crippen LogP contribution in [0.2, 0.25) is 0 Å². The van der Waals surface area contributed by atoms with Gasteiger partial charge in [-0.1, -0.05) is 78.4 Å². The third-order valence-electron chi connectivity index (χ3n) is 5.67. The Labute approximate surface area is 195 Å². The molecule has 0 aliphatic rings. The highest BCUT2D eigenvalue weighted by Crippen LogP contribution is 2.13. The summed E-state index contributed by atoms with van der Waals surface area (Å²) in [7, 11) is 0. The highest BCUT2D eigenvalue weighted by atomic mass is 16.6. The fourth-order valence-electron chi connectivity index (χ4n) is 3.45. The number of benzene rings is 1. The molecule has 0 fully saturated rings. The molecule has 32 heavy (non-hydrogen) atoms. The van der Waals surface area contributed by atoms with Gasteiger partial charge < -0.3 is 9.47 Å². The highest BCUT2D eigenvalue weighted by molar-refractivity contribution is 6.03. The van der Waals surface area contributed by atoms with Crippen LogP contribution in [0.25, 0.3) is 0 Å². The van der Waals surface area contributed by atoms with Crippen molar-refractivity contribution in [1.29, 1.82) is 0 Å². The first-order chi connectivity index (χ1) is 15.6. The molecule has 0 saturated heterocycles. The van der Waals surface area contributed by atoms with Gasteiger partial charge in [0.1, 0.15) is 13.5 Å². The van der Waals surface area contributed by atoms with Crippen molar-refractivity contribution in [3.8, 4) is 0 Å². The van der Waals surface area contributed by atoms with Crippen LogP contribution < -0.4 is 0 Å². The normalized spacial score (nSPS) is 11.2. The van der Waals surface area contributed by atoms with Crippen molar-refractivity contribution >= 4 is 11.9 Å². The number of unbranched alkanes of at least 4 members (excludes halogenated alkanes) is 6. The molecule has 0 aromatic heterocycles. The first kappa shape index (κ1) is 28.1. The maximum absolute atomic E-state index is 12.7. The molecule has 0 amide bonds. The Kier molecular flexibility index (Phi) is 15.5. The van der Waals surface area contributed by atoms with E-state index in [9.17, 15) is 9.59 Å². The van der Waals surface area contributed by atoms with Crippen LogP contribution in [0.5, 0.6) is 0 Å². The van der Waals surface area contributed by atoms with Gasteiger partial charge in [0.25, 0.3) is 0 Å². The number of nitrogens with zero attached hydrogens (tertiary/aromatic N) is 2. The molecule has 1 rings (SSSR count). The summed E-state index contributed by atoms with van der Waals surface area (Å²) < 4.78 is 11.0. The second kappa shape index (κ2) is 17.6. The molecule has 0 atom stereocenters. The van der Waals surface area contributed by atoms with Crippen molar-refractivity contribution in [2.24, 2.45) is 0 Å². The zero-order valence-corrected chi connectivity index (χ0v) is 20.7. The van der Waals surface area contributed by atoms with Gasteiger partial charge >= 0.3 is 11.9 Å². The minimum Gasteiger partial charge on any atom is -0.446 e. The lowest BCUT2D eigenvalue weighted by atomic mass is 10.1. The van der Waals surface area contributed by atoms with E-state index in [1.807, 2.05) is 0 Å². The first-order valence-electron chi connectivity index (χ1n) is 12.4. The molecular formula is C26H44N2O4. The monoisotopic (exact) mass is 448 g/mol. The number of carbonyl (C=O) groups is 2. The first-order valence-corrected chi connectivity index (χ1v) is 12.4. The minimum atomic E-state index is -0.489. The third-order valence-corrected chi connectivity index (χ3v) is 5.67. The van der Waals surface area contributed by atoms with Crippen molar-refractivity contribution in [3.05, 3.63) is 35.4 Å². The second-order valence-electron chi connectivity index (χ2n) is 8.21. The number of hydrogen-bond donors (Lipinski definition) is 0. The molecule has 0 heterocycles. The van der Waals surface area contributed by atoms with Gasteiger partial charge in [-0.3, -0.25) is 9.80 Å². The van der Waals surface area contributed by atoms with Crippen LogP contribution in [-0.4, -0.2) is 61.4 Å². The third kappa shape index (κ3) is 11.1. The van der Waals surface area contributed by atoms with E-state index in [2.05, 4.69) is 37.5 Å². The molecule has 0 N–H and O–H groups in total. The van der Waals surface area contributed by atoms with Gasteiger partial charge in [-0.05, 0) is 38.1 Å². The molecule has 0 radical (unpaired) electrons. The van der Waals surface area contributed by atoms with Gasteiger partial charge in [0, 0.05) is 13.1 Å². The van der Waals surface area contributed by atoms with E-state index < -0.39 is 11.9 Å². The Morgan fingerprint density at radius 3 is 1.41 bits per heavy atom. The van der Waals surface area contributed by atoms with Gasteiger partial charge in [0.15, 0.2) is 0 Å². The lowest BCUT2D eigenvalue weighted by Crippen LogP contribution is -2.30. The Morgan fingerprint density at radius 2 is 1.06 bits per heavy atom. The van der Waals surface area contributed by atoms with Crippen LogP contribution in [-0.2, 0) is 9.47 Å². The van der Waals surface area contributed by atoms with Crippen LogP contribution in [0.3, 0.4) is 0 Å². The van der Waals surface area contributed by atoms with Crippen molar-refractivity contribution in [2.45, 2.75) is 79.1 Å². The van der Waals surface area contributed by atoms with E-state index in [0.717, 1.165) is 39.0 Å². The predicted molar refractivity (Wildman–Crippen MR) is 130 cm³/mol. The molecule has 0 saturated carbocycles. The van der Waals surface area contributed by atoms with Crippen molar-refractivity contribution in [1.82, 2.24) is 9.80 Å². The Morgan fingerprint density at radius 1 is 0.656 bits per heavy atom. The van der Waals surface area contributed by atoms with E-state index in [1.54, 1.807) is 24.3 Å². The zero-order valence-electron chi connectivity index (χ0n) is 20.7. The molecule has 6 nitrogen and oxygen atoms in total. The van der Waals surface area contributed by atoms with Crippen LogP contribution >= 0.6 is 0 Å². The average molecular weight is 449 g/mol. The van der Waals surface area contributed by atoms with Gasteiger partial charge in [0.05, 0.1) is 11.1 Å². The van der Waals surface area contributed by atoms with Crippen molar-refractivity contribution < 1.29 is 19.1 Å². The van der Waals surface area contributed by atoms with Gasteiger partial charge in [-0.2, -0.15) is 0 Å². The van der Waals surface area contributed by atoms with Crippen LogP contribution in [0, 0.1) is 0 Å². The fourth-order valence-corrected chi connectivity index (χ4v) is 3.45. The summed E-state index contributed by atoms with van der Waals surface area (Å²) in [6, 6.07) is 6.72. The Bertz CT molecular complexity index is 595. The van der Waals surface area contributed by atoms with Gasteiger partial charge in [0.2, 0.25) is 0 Å². The smallest absolute Gasteiger partial charge is 0.340 e. The molecule has 0 unspecified atom stereocenters. The molecule has 0 aliphatic heterocycles. The Hall–Kier alpha value is -1.92. The molecular weight excluding hydrogens is 404 g/mol. The van der Waals surface area contributed by atoms with E-state index in [1.165, 1.54) is 38.5 Å².